The Morgan fingerprint density at radius 3 is 2.28 bits per heavy atom. The van der Waals surface area contributed by atoms with E-state index in [0.717, 1.165) is 29.8 Å². The maximum absolute atomic E-state index is 12.5. The number of methoxy groups -OCH3 is 2. The van der Waals surface area contributed by atoms with Crippen molar-refractivity contribution < 1.29 is 27.4 Å². The second kappa shape index (κ2) is 7.92. The Hall–Kier alpha value is -2.70. The number of amides is 1. The molecule has 0 heterocycles. The molecule has 0 aliphatic rings. The first kappa shape index (κ1) is 18.6. The number of alkyl halides is 3. The van der Waals surface area contributed by atoms with Crippen molar-refractivity contribution in [1.29, 1.82) is 0 Å². The number of carbonyl (C=O) groups excluding carboxylic acids is 1. The van der Waals surface area contributed by atoms with Gasteiger partial charge in [0.15, 0.2) is 0 Å². The van der Waals surface area contributed by atoms with Gasteiger partial charge in [-0.1, -0.05) is 6.07 Å². The number of ether oxygens (including phenoxy) is 2. The van der Waals surface area contributed by atoms with Crippen LogP contribution in [0, 0.1) is 0 Å². The summed E-state index contributed by atoms with van der Waals surface area (Å²) < 4.78 is 47.9. The second-order valence-electron chi connectivity index (χ2n) is 5.26. The number of hydrogen-bond donors (Lipinski definition) is 1. The zero-order valence-corrected chi connectivity index (χ0v) is 13.8. The molecule has 25 heavy (non-hydrogen) atoms. The zero-order valence-electron chi connectivity index (χ0n) is 13.8. The minimum absolute atomic E-state index is 0.176. The molecule has 0 atom stereocenters. The number of nitrogens with one attached hydrogen (secondary N) is 1. The molecule has 0 aromatic heterocycles. The van der Waals surface area contributed by atoms with E-state index in [4.69, 9.17) is 9.47 Å². The fourth-order valence-electron chi connectivity index (χ4n) is 2.28. The third-order valence-electron chi connectivity index (χ3n) is 3.65. The van der Waals surface area contributed by atoms with E-state index in [9.17, 15) is 18.0 Å². The summed E-state index contributed by atoms with van der Waals surface area (Å²) in [6.07, 6.45) is -3.90. The van der Waals surface area contributed by atoms with Gasteiger partial charge in [0, 0.05) is 18.2 Å². The van der Waals surface area contributed by atoms with Crippen LogP contribution in [0.1, 0.15) is 21.5 Å². The van der Waals surface area contributed by atoms with Crippen LogP contribution in [-0.2, 0) is 12.6 Å². The Morgan fingerprint density at radius 2 is 1.72 bits per heavy atom. The molecule has 0 aliphatic heterocycles. The van der Waals surface area contributed by atoms with Crippen LogP contribution in [-0.4, -0.2) is 26.7 Å². The molecule has 2 aromatic rings. The van der Waals surface area contributed by atoms with Crippen LogP contribution in [0.4, 0.5) is 13.2 Å². The van der Waals surface area contributed by atoms with Crippen LogP contribution in [0.15, 0.2) is 42.5 Å². The van der Waals surface area contributed by atoms with Crippen molar-refractivity contribution in [2.75, 3.05) is 20.8 Å². The van der Waals surface area contributed by atoms with Gasteiger partial charge in [0.05, 0.1) is 19.8 Å². The van der Waals surface area contributed by atoms with Gasteiger partial charge in [-0.15, -0.1) is 0 Å². The van der Waals surface area contributed by atoms with Gasteiger partial charge in [-0.2, -0.15) is 13.2 Å². The van der Waals surface area contributed by atoms with E-state index in [1.807, 2.05) is 6.07 Å². The summed E-state index contributed by atoms with van der Waals surface area (Å²) in [6, 6.07) is 9.46. The molecule has 134 valence electrons. The molecule has 1 amide bonds. The fourth-order valence-corrected chi connectivity index (χ4v) is 2.28. The van der Waals surface area contributed by atoms with Crippen molar-refractivity contribution in [1.82, 2.24) is 5.32 Å². The third-order valence-corrected chi connectivity index (χ3v) is 3.65. The van der Waals surface area contributed by atoms with Crippen molar-refractivity contribution >= 4 is 5.91 Å². The van der Waals surface area contributed by atoms with Crippen LogP contribution in [0.2, 0.25) is 0 Å². The first-order valence-electron chi connectivity index (χ1n) is 7.51. The Kier molecular flexibility index (Phi) is 5.90. The molecular weight excluding hydrogens is 335 g/mol. The summed E-state index contributed by atoms with van der Waals surface area (Å²) in [5, 5.41) is 2.68. The monoisotopic (exact) mass is 353 g/mol. The quantitative estimate of drug-likeness (QED) is 0.862. The lowest BCUT2D eigenvalue weighted by molar-refractivity contribution is -0.137. The molecule has 1 N–H and O–H groups in total. The number of halogens is 3. The third kappa shape index (κ3) is 4.89. The number of carbonyl (C=O) groups is 1. The molecular formula is C18H18F3NO3. The summed E-state index contributed by atoms with van der Waals surface area (Å²) in [5.74, 6) is 0.874. The van der Waals surface area contributed by atoms with Gasteiger partial charge in [-0.3, -0.25) is 4.79 Å². The van der Waals surface area contributed by atoms with Crippen molar-refractivity contribution in [2.24, 2.45) is 0 Å². The Labute approximate surface area is 143 Å². The molecule has 0 bridgehead atoms. The van der Waals surface area contributed by atoms with E-state index in [1.165, 1.54) is 0 Å². The molecule has 0 aliphatic carbocycles. The van der Waals surface area contributed by atoms with Gasteiger partial charge in [-0.05, 0) is 42.3 Å². The maximum atomic E-state index is 12.5. The molecule has 0 fully saturated rings. The average Bonchev–Trinajstić information content (AvgIpc) is 2.61. The molecule has 0 spiro atoms. The standard InChI is InChI=1S/C18H18F3NO3/c1-24-15-8-5-12(16(11-15)25-2)9-10-22-17(23)13-3-6-14(7-4-13)18(19,20)21/h3-8,11H,9-10H2,1-2H3,(H,22,23). The van der Waals surface area contributed by atoms with Crippen LogP contribution < -0.4 is 14.8 Å². The van der Waals surface area contributed by atoms with Gasteiger partial charge in [0.2, 0.25) is 0 Å². The van der Waals surface area contributed by atoms with Gasteiger partial charge in [0.25, 0.3) is 5.91 Å². The number of benzene rings is 2. The molecule has 0 saturated heterocycles. The zero-order chi connectivity index (χ0) is 18.4. The first-order chi connectivity index (χ1) is 11.8. The lowest BCUT2D eigenvalue weighted by atomic mass is 10.1. The van der Waals surface area contributed by atoms with Gasteiger partial charge >= 0.3 is 6.18 Å². The highest BCUT2D eigenvalue weighted by Crippen LogP contribution is 2.29. The summed E-state index contributed by atoms with van der Waals surface area (Å²) in [6.45, 7) is 0.322. The van der Waals surface area contributed by atoms with Crippen molar-refractivity contribution in [3.63, 3.8) is 0 Å². The highest BCUT2D eigenvalue weighted by molar-refractivity contribution is 5.94. The highest BCUT2D eigenvalue weighted by Gasteiger charge is 2.30. The molecule has 2 aromatic carbocycles. The van der Waals surface area contributed by atoms with Crippen molar-refractivity contribution in [2.45, 2.75) is 12.6 Å². The normalized spacial score (nSPS) is 11.1. The minimum Gasteiger partial charge on any atom is -0.497 e. The van der Waals surface area contributed by atoms with Crippen molar-refractivity contribution in [3.8, 4) is 11.5 Å². The lowest BCUT2D eigenvalue weighted by Gasteiger charge is -2.11. The van der Waals surface area contributed by atoms with E-state index < -0.39 is 17.6 Å². The van der Waals surface area contributed by atoms with E-state index in [0.29, 0.717) is 24.5 Å². The van der Waals surface area contributed by atoms with Crippen LogP contribution in [0.5, 0.6) is 11.5 Å². The van der Waals surface area contributed by atoms with Crippen LogP contribution in [0.3, 0.4) is 0 Å². The molecule has 7 heteroatoms. The Balaban J connectivity index is 1.94. The largest absolute Gasteiger partial charge is 0.497 e. The smallest absolute Gasteiger partial charge is 0.416 e. The summed E-state index contributed by atoms with van der Waals surface area (Å²) in [7, 11) is 3.10. The lowest BCUT2D eigenvalue weighted by Crippen LogP contribution is -2.25. The fraction of sp³-hybridized carbons (Fsp3) is 0.278. The summed E-state index contributed by atoms with van der Waals surface area (Å²) in [4.78, 5) is 12.0. The van der Waals surface area contributed by atoms with Crippen LogP contribution >= 0.6 is 0 Å². The second-order valence-corrected chi connectivity index (χ2v) is 5.26. The molecule has 4 nitrogen and oxygen atoms in total. The Morgan fingerprint density at radius 1 is 1.04 bits per heavy atom. The Bertz CT molecular complexity index is 727. The maximum Gasteiger partial charge on any atom is 0.416 e. The highest BCUT2D eigenvalue weighted by atomic mass is 19.4. The molecule has 0 unspecified atom stereocenters. The summed E-state index contributed by atoms with van der Waals surface area (Å²) in [5.41, 5.74) is 0.276. The van der Waals surface area contributed by atoms with E-state index in [2.05, 4.69) is 5.32 Å². The van der Waals surface area contributed by atoms with Gasteiger partial charge in [0.1, 0.15) is 11.5 Å². The topological polar surface area (TPSA) is 47.6 Å². The predicted molar refractivity (Wildman–Crippen MR) is 87.0 cm³/mol. The number of rotatable bonds is 6. The van der Waals surface area contributed by atoms with Gasteiger partial charge in [-0.25, -0.2) is 0 Å². The predicted octanol–water partition coefficient (Wildman–Crippen LogP) is 3.70. The molecule has 0 radical (unpaired) electrons. The van der Waals surface area contributed by atoms with E-state index in [1.54, 1.807) is 26.4 Å². The summed E-state index contributed by atoms with van der Waals surface area (Å²) >= 11 is 0. The van der Waals surface area contributed by atoms with E-state index >= 15 is 0 Å². The number of hydrogen-bond acceptors (Lipinski definition) is 3. The molecule has 2 rings (SSSR count). The average molecular weight is 353 g/mol. The van der Waals surface area contributed by atoms with E-state index in [-0.39, 0.29) is 5.56 Å². The van der Waals surface area contributed by atoms with Gasteiger partial charge < -0.3 is 14.8 Å². The first-order valence-corrected chi connectivity index (χ1v) is 7.51. The molecule has 0 saturated carbocycles. The van der Waals surface area contributed by atoms with Crippen molar-refractivity contribution in [3.05, 3.63) is 59.2 Å². The minimum atomic E-state index is -4.42. The SMILES string of the molecule is COc1ccc(CCNC(=O)c2ccc(C(F)(F)F)cc2)c(OC)c1. The van der Waals surface area contributed by atoms with Crippen LogP contribution in [0.25, 0.3) is 0 Å².